The molecule has 3 aromatic carbocycles. The Morgan fingerprint density at radius 3 is 2.31 bits per heavy atom. The fourth-order valence-corrected chi connectivity index (χ4v) is 4.46. The number of amides is 3. The molecule has 3 amide bonds. The number of ether oxygens (including phenoxy) is 1. The van der Waals surface area contributed by atoms with Crippen LogP contribution in [0.4, 0.5) is 0 Å². The van der Waals surface area contributed by atoms with Gasteiger partial charge in [-0.15, -0.1) is 0 Å². The third kappa shape index (κ3) is 5.06. The lowest BCUT2D eigenvalue weighted by atomic mass is 9.94. The monoisotopic (exact) mass is 482 g/mol. The van der Waals surface area contributed by atoms with Crippen LogP contribution < -0.4 is 5.32 Å². The van der Waals surface area contributed by atoms with Crippen LogP contribution in [0.2, 0.25) is 0 Å². The Morgan fingerprint density at radius 2 is 1.58 bits per heavy atom. The normalized spacial score (nSPS) is 12.8. The number of furan rings is 1. The van der Waals surface area contributed by atoms with Crippen LogP contribution in [0.1, 0.15) is 50.4 Å². The number of hydrogen-bond acceptors (Lipinski definition) is 5. The Balaban J connectivity index is 1.10. The lowest BCUT2D eigenvalue weighted by Gasteiger charge is -2.27. The summed E-state index contributed by atoms with van der Waals surface area (Å²) < 4.78 is 10.9. The van der Waals surface area contributed by atoms with E-state index in [-0.39, 0.29) is 30.7 Å². The van der Waals surface area contributed by atoms with Gasteiger partial charge in [0.25, 0.3) is 11.8 Å². The Labute approximate surface area is 208 Å². The van der Waals surface area contributed by atoms with Crippen molar-refractivity contribution in [3.63, 3.8) is 0 Å². The maximum Gasteiger partial charge on any atom is 0.261 e. The molecule has 0 saturated heterocycles. The van der Waals surface area contributed by atoms with Gasteiger partial charge in [-0.05, 0) is 47.2 Å². The molecule has 0 unspecified atom stereocenters. The largest absolute Gasteiger partial charge is 0.467 e. The molecule has 0 atom stereocenters. The van der Waals surface area contributed by atoms with Crippen molar-refractivity contribution < 1.29 is 23.5 Å². The molecule has 7 nitrogen and oxygen atoms in total. The molecule has 182 valence electrons. The fourth-order valence-electron chi connectivity index (χ4n) is 4.46. The van der Waals surface area contributed by atoms with E-state index < -0.39 is 0 Å². The number of carbonyl (C=O) groups is 3. The Kier molecular flexibility index (Phi) is 6.91. The van der Waals surface area contributed by atoms with Crippen LogP contribution in [0, 0.1) is 0 Å². The second kappa shape index (κ2) is 10.6. The minimum atomic E-state index is -0.309. The number of benzene rings is 3. The van der Waals surface area contributed by atoms with Crippen molar-refractivity contribution in [3.8, 4) is 0 Å². The van der Waals surface area contributed by atoms with Crippen molar-refractivity contribution >= 4 is 28.5 Å². The summed E-state index contributed by atoms with van der Waals surface area (Å²) in [7, 11) is 0. The van der Waals surface area contributed by atoms with E-state index in [0.717, 1.165) is 22.3 Å². The molecule has 1 N–H and O–H groups in total. The summed E-state index contributed by atoms with van der Waals surface area (Å²) in [4.78, 5) is 39.6. The highest BCUT2D eigenvalue weighted by Crippen LogP contribution is 2.30. The van der Waals surface area contributed by atoms with E-state index in [4.69, 9.17) is 9.15 Å². The summed E-state index contributed by atoms with van der Waals surface area (Å²) in [5.41, 5.74) is 3.03. The smallest absolute Gasteiger partial charge is 0.261 e. The van der Waals surface area contributed by atoms with Crippen molar-refractivity contribution in [1.82, 2.24) is 10.2 Å². The van der Waals surface area contributed by atoms with Crippen molar-refractivity contribution in [3.05, 3.63) is 107 Å². The van der Waals surface area contributed by atoms with Gasteiger partial charge in [-0.1, -0.05) is 48.5 Å². The van der Waals surface area contributed by atoms with E-state index in [1.54, 1.807) is 18.4 Å². The van der Waals surface area contributed by atoms with Gasteiger partial charge in [-0.3, -0.25) is 19.3 Å². The van der Waals surface area contributed by atoms with Crippen LogP contribution in [0.25, 0.3) is 10.8 Å². The molecular formula is C29H26N2O5. The maximum absolute atomic E-state index is 13.0. The molecule has 0 saturated carbocycles. The first kappa shape index (κ1) is 23.5. The molecule has 1 aliphatic rings. The Morgan fingerprint density at radius 1 is 0.861 bits per heavy atom. The highest BCUT2D eigenvalue weighted by Gasteiger charge is 2.32. The van der Waals surface area contributed by atoms with E-state index in [2.05, 4.69) is 5.32 Å². The third-order valence-corrected chi connectivity index (χ3v) is 6.22. The predicted molar refractivity (Wildman–Crippen MR) is 134 cm³/mol. The van der Waals surface area contributed by atoms with Gasteiger partial charge in [0.05, 0.1) is 12.9 Å². The van der Waals surface area contributed by atoms with E-state index in [0.29, 0.717) is 42.7 Å². The first-order chi connectivity index (χ1) is 17.6. The van der Waals surface area contributed by atoms with Crippen LogP contribution in [0.5, 0.6) is 0 Å². The van der Waals surface area contributed by atoms with Crippen molar-refractivity contribution in [2.75, 3.05) is 6.54 Å². The zero-order valence-electron chi connectivity index (χ0n) is 19.7. The zero-order valence-corrected chi connectivity index (χ0v) is 19.7. The van der Waals surface area contributed by atoms with E-state index in [9.17, 15) is 14.4 Å². The quantitative estimate of drug-likeness (QED) is 0.327. The molecule has 36 heavy (non-hydrogen) atoms. The maximum atomic E-state index is 13.0. The van der Waals surface area contributed by atoms with Crippen LogP contribution in [0.15, 0.2) is 83.5 Å². The highest BCUT2D eigenvalue weighted by molar-refractivity contribution is 6.25. The zero-order chi connectivity index (χ0) is 24.9. The molecule has 0 spiro atoms. The molecule has 0 bridgehead atoms. The summed E-state index contributed by atoms with van der Waals surface area (Å²) >= 11 is 0. The van der Waals surface area contributed by atoms with Gasteiger partial charge in [0.2, 0.25) is 5.91 Å². The van der Waals surface area contributed by atoms with Gasteiger partial charge in [-0.25, -0.2) is 0 Å². The first-order valence-electron chi connectivity index (χ1n) is 11.9. The average Bonchev–Trinajstić information content (AvgIpc) is 3.42. The standard InChI is InChI=1S/C29H26N2O5/c32-26(30-17-20-6-1-7-21(16-20)18-35-19-23-10-5-15-36-23)13-4-14-31-28(33)24-11-2-8-22-9-3-12-25(27(22)24)29(31)34/h1-3,5-12,15-16H,4,13-14,17-19H2,(H,30,32). The van der Waals surface area contributed by atoms with E-state index in [1.165, 1.54) is 4.90 Å². The number of rotatable bonds is 10. The summed E-state index contributed by atoms with van der Waals surface area (Å²) in [6, 6.07) is 22.4. The molecule has 1 aliphatic heterocycles. The fraction of sp³-hybridized carbons (Fsp3) is 0.207. The lowest BCUT2D eigenvalue weighted by Crippen LogP contribution is -2.41. The Hall–Kier alpha value is -4.23. The molecule has 2 heterocycles. The first-order valence-corrected chi connectivity index (χ1v) is 11.9. The highest BCUT2D eigenvalue weighted by atomic mass is 16.5. The molecule has 1 aromatic heterocycles. The lowest BCUT2D eigenvalue weighted by molar-refractivity contribution is -0.121. The van der Waals surface area contributed by atoms with Gasteiger partial charge in [0.1, 0.15) is 12.4 Å². The Bertz CT molecular complexity index is 1360. The van der Waals surface area contributed by atoms with Gasteiger partial charge in [-0.2, -0.15) is 0 Å². The summed E-state index contributed by atoms with van der Waals surface area (Å²) in [6.07, 6.45) is 2.22. The van der Waals surface area contributed by atoms with Crippen LogP contribution in [-0.4, -0.2) is 29.2 Å². The number of imide groups is 1. The molecule has 0 fully saturated rings. The minimum absolute atomic E-state index is 0.131. The van der Waals surface area contributed by atoms with Crippen LogP contribution in [-0.2, 0) is 29.3 Å². The van der Waals surface area contributed by atoms with Gasteiger partial charge in [0, 0.05) is 36.0 Å². The second-order valence-electron chi connectivity index (χ2n) is 8.74. The van der Waals surface area contributed by atoms with Crippen LogP contribution in [0.3, 0.4) is 0 Å². The molecule has 4 aromatic rings. The van der Waals surface area contributed by atoms with E-state index >= 15 is 0 Å². The van der Waals surface area contributed by atoms with Crippen LogP contribution >= 0.6 is 0 Å². The SMILES string of the molecule is O=C(CCCN1C(=O)c2cccc3cccc(c23)C1=O)NCc1cccc(COCc2ccco2)c1. The average molecular weight is 483 g/mol. The molecule has 7 heteroatoms. The number of carbonyl (C=O) groups excluding carboxylic acids is 3. The second-order valence-corrected chi connectivity index (χ2v) is 8.74. The molecule has 0 radical (unpaired) electrons. The summed E-state index contributed by atoms with van der Waals surface area (Å²) in [6.45, 7) is 1.42. The number of nitrogens with one attached hydrogen (secondary N) is 1. The third-order valence-electron chi connectivity index (χ3n) is 6.22. The molecule has 0 aliphatic carbocycles. The number of hydrogen-bond donors (Lipinski definition) is 1. The number of nitrogens with zero attached hydrogens (tertiary/aromatic N) is 1. The van der Waals surface area contributed by atoms with Gasteiger partial charge >= 0.3 is 0 Å². The van der Waals surface area contributed by atoms with Gasteiger partial charge in [0.15, 0.2) is 0 Å². The van der Waals surface area contributed by atoms with E-state index in [1.807, 2.05) is 60.7 Å². The van der Waals surface area contributed by atoms with Gasteiger partial charge < -0.3 is 14.5 Å². The van der Waals surface area contributed by atoms with Crippen molar-refractivity contribution in [2.24, 2.45) is 0 Å². The summed E-state index contributed by atoms with van der Waals surface area (Å²) in [5, 5.41) is 4.49. The molecular weight excluding hydrogens is 456 g/mol. The van der Waals surface area contributed by atoms with Crippen molar-refractivity contribution in [2.45, 2.75) is 32.6 Å². The summed E-state index contributed by atoms with van der Waals surface area (Å²) in [5.74, 6) is 0.0214. The predicted octanol–water partition coefficient (Wildman–Crippen LogP) is 4.84. The van der Waals surface area contributed by atoms with Crippen molar-refractivity contribution in [1.29, 1.82) is 0 Å². The molecule has 5 rings (SSSR count). The minimum Gasteiger partial charge on any atom is -0.467 e. The topological polar surface area (TPSA) is 88.9 Å².